The van der Waals surface area contributed by atoms with E-state index in [1.54, 1.807) is 32.2 Å². The third-order valence-electron chi connectivity index (χ3n) is 7.10. The molecule has 4 heterocycles. The quantitative estimate of drug-likeness (QED) is 0.384. The van der Waals surface area contributed by atoms with E-state index in [1.807, 2.05) is 10.9 Å². The van der Waals surface area contributed by atoms with Crippen molar-refractivity contribution in [3.8, 4) is 11.3 Å². The zero-order valence-electron chi connectivity index (χ0n) is 19.5. The van der Waals surface area contributed by atoms with Crippen LogP contribution in [0, 0.1) is 19.7 Å². The van der Waals surface area contributed by atoms with Gasteiger partial charge in [-0.2, -0.15) is 5.10 Å². The second-order valence-corrected chi connectivity index (χ2v) is 9.96. The summed E-state index contributed by atoms with van der Waals surface area (Å²) in [6.45, 7) is 4.09. The number of aromatic nitrogens is 5. The minimum Gasteiger partial charge on any atom is -0.373 e. The summed E-state index contributed by atoms with van der Waals surface area (Å²) in [4.78, 5) is 22.7. The van der Waals surface area contributed by atoms with Crippen LogP contribution in [0.4, 0.5) is 4.39 Å². The maximum atomic E-state index is 15.0. The Morgan fingerprint density at radius 3 is 2.74 bits per heavy atom. The van der Waals surface area contributed by atoms with Crippen LogP contribution in [0.5, 0.6) is 0 Å². The van der Waals surface area contributed by atoms with Crippen LogP contribution in [0.3, 0.4) is 0 Å². The molecule has 2 fully saturated rings. The van der Waals surface area contributed by atoms with Crippen molar-refractivity contribution in [3.63, 3.8) is 0 Å². The lowest BCUT2D eigenvalue weighted by Crippen LogP contribution is -2.24. The molecule has 3 aromatic heterocycles. The van der Waals surface area contributed by atoms with Crippen LogP contribution in [0.15, 0.2) is 41.6 Å². The van der Waals surface area contributed by atoms with Gasteiger partial charge in [-0.3, -0.25) is 13.9 Å². The maximum Gasteiger partial charge on any atom is 0.261 e. The van der Waals surface area contributed by atoms with Crippen molar-refractivity contribution in [2.75, 3.05) is 6.61 Å². The third kappa shape index (κ3) is 4.04. The second-order valence-electron chi connectivity index (χ2n) is 9.53. The van der Waals surface area contributed by atoms with E-state index in [9.17, 15) is 4.79 Å². The fourth-order valence-electron chi connectivity index (χ4n) is 4.77. The molecule has 1 aliphatic carbocycles. The summed E-state index contributed by atoms with van der Waals surface area (Å²) in [6.07, 6.45) is 9.40. The average Bonchev–Trinajstić information content (AvgIpc) is 3.59. The van der Waals surface area contributed by atoms with Gasteiger partial charge < -0.3 is 4.74 Å². The number of ether oxygens (including phenoxy) is 1. The minimum atomic E-state index is -0.506. The first-order valence-corrected chi connectivity index (χ1v) is 12.3. The monoisotopic (exact) mass is 493 g/mol. The average molecular weight is 494 g/mol. The van der Waals surface area contributed by atoms with E-state index in [0.29, 0.717) is 46.7 Å². The molecule has 0 bridgehead atoms. The number of hydrogen-bond donors (Lipinski definition) is 0. The number of benzene rings is 1. The molecule has 180 valence electrons. The van der Waals surface area contributed by atoms with Crippen molar-refractivity contribution >= 4 is 17.2 Å². The van der Waals surface area contributed by atoms with Crippen molar-refractivity contribution in [2.45, 2.75) is 57.6 Å². The highest BCUT2D eigenvalue weighted by Crippen LogP contribution is 2.40. The topological polar surface area (TPSA) is 74.3 Å². The molecule has 4 aromatic rings. The van der Waals surface area contributed by atoms with Crippen LogP contribution < -0.4 is 5.56 Å². The molecular formula is C26H25ClFN5O2. The standard InChI is InChI=1S/C26H25ClFN5O2/c1-14-15(2)30-25-24(20-6-3-18(27)10-21(20)28)31-22(13-32(25)26(14)34)16-7-8-35-23(9-16)17-11-29-33(12-17)19-4-5-19/h3,6,10-13,16,19,23H,4-5,7-9H2,1-2H3/t16-,23+/m0/s1. The Morgan fingerprint density at radius 2 is 1.97 bits per heavy atom. The fraction of sp³-hybridized carbons (Fsp3) is 0.385. The number of halogens is 2. The van der Waals surface area contributed by atoms with Crippen molar-refractivity contribution in [1.29, 1.82) is 0 Å². The number of hydrogen-bond acceptors (Lipinski definition) is 5. The van der Waals surface area contributed by atoms with Gasteiger partial charge >= 0.3 is 0 Å². The molecule has 1 aliphatic heterocycles. The lowest BCUT2D eigenvalue weighted by molar-refractivity contribution is 0.00454. The zero-order valence-corrected chi connectivity index (χ0v) is 20.3. The predicted octanol–water partition coefficient (Wildman–Crippen LogP) is 5.33. The first-order valence-electron chi connectivity index (χ1n) is 11.9. The van der Waals surface area contributed by atoms with Crippen molar-refractivity contribution in [2.24, 2.45) is 0 Å². The Kier molecular flexibility index (Phi) is 5.45. The van der Waals surface area contributed by atoms with Gasteiger partial charge in [0.15, 0.2) is 5.65 Å². The van der Waals surface area contributed by atoms with E-state index in [2.05, 4.69) is 16.3 Å². The molecule has 9 heteroatoms. The molecule has 2 atom stereocenters. The van der Waals surface area contributed by atoms with E-state index in [0.717, 1.165) is 17.7 Å². The molecule has 0 radical (unpaired) electrons. The summed E-state index contributed by atoms with van der Waals surface area (Å²) in [6, 6.07) is 4.96. The summed E-state index contributed by atoms with van der Waals surface area (Å²) in [7, 11) is 0. The molecule has 7 nitrogen and oxygen atoms in total. The fourth-order valence-corrected chi connectivity index (χ4v) is 4.93. The van der Waals surface area contributed by atoms with E-state index >= 15 is 4.39 Å². The molecule has 0 amide bonds. The van der Waals surface area contributed by atoms with Crippen molar-refractivity contribution in [3.05, 3.63) is 80.5 Å². The van der Waals surface area contributed by atoms with Gasteiger partial charge in [0.2, 0.25) is 0 Å². The Hall–Kier alpha value is -3.10. The highest BCUT2D eigenvalue weighted by molar-refractivity contribution is 6.30. The summed E-state index contributed by atoms with van der Waals surface area (Å²) < 4.78 is 24.6. The maximum absolute atomic E-state index is 15.0. The molecule has 0 N–H and O–H groups in total. The zero-order chi connectivity index (χ0) is 24.3. The smallest absolute Gasteiger partial charge is 0.261 e. The van der Waals surface area contributed by atoms with Crippen molar-refractivity contribution in [1.82, 2.24) is 24.1 Å². The Balaban J connectivity index is 1.45. The van der Waals surface area contributed by atoms with Gasteiger partial charge in [0, 0.05) is 52.3 Å². The van der Waals surface area contributed by atoms with Crippen LogP contribution in [0.1, 0.15) is 66.3 Å². The second kappa shape index (κ2) is 8.53. The summed E-state index contributed by atoms with van der Waals surface area (Å²) >= 11 is 5.99. The summed E-state index contributed by atoms with van der Waals surface area (Å²) in [5.41, 5.74) is 3.67. The molecular weight excluding hydrogens is 469 g/mol. The highest BCUT2D eigenvalue weighted by Gasteiger charge is 2.30. The minimum absolute atomic E-state index is 0.0324. The lowest BCUT2D eigenvalue weighted by Gasteiger charge is -2.29. The van der Waals surface area contributed by atoms with E-state index < -0.39 is 5.82 Å². The SMILES string of the molecule is Cc1nc2c(-c3ccc(Cl)cc3F)nc([C@H]3CCO[C@@H](c4cnn(C5CC5)c4)C3)cn2c(=O)c1C. The van der Waals surface area contributed by atoms with Crippen LogP contribution in [0.25, 0.3) is 16.9 Å². The number of rotatable bonds is 4. The number of aryl methyl sites for hydroxylation is 1. The van der Waals surface area contributed by atoms with E-state index in [-0.39, 0.29) is 23.1 Å². The first kappa shape index (κ1) is 22.4. The Labute approximate surface area is 206 Å². The van der Waals surface area contributed by atoms with Crippen molar-refractivity contribution < 1.29 is 9.13 Å². The number of fused-ring (bicyclic) bond motifs is 1. The lowest BCUT2D eigenvalue weighted by atomic mass is 9.90. The van der Waals surface area contributed by atoms with Gasteiger partial charge in [0.25, 0.3) is 5.56 Å². The van der Waals surface area contributed by atoms with Gasteiger partial charge in [-0.1, -0.05) is 11.6 Å². The van der Waals surface area contributed by atoms with Crippen LogP contribution in [-0.2, 0) is 4.74 Å². The molecule has 1 aromatic carbocycles. The van der Waals surface area contributed by atoms with Gasteiger partial charge in [0.1, 0.15) is 11.5 Å². The summed E-state index contributed by atoms with van der Waals surface area (Å²) in [5, 5.41) is 4.80. The normalized spacial score (nSPS) is 20.5. The molecule has 6 rings (SSSR count). The van der Waals surface area contributed by atoms with Gasteiger partial charge in [-0.05, 0) is 57.7 Å². The molecule has 0 spiro atoms. The molecule has 1 saturated carbocycles. The Morgan fingerprint density at radius 1 is 1.14 bits per heavy atom. The van der Waals surface area contributed by atoms with Gasteiger partial charge in [-0.15, -0.1) is 0 Å². The van der Waals surface area contributed by atoms with Crippen LogP contribution in [-0.4, -0.2) is 30.8 Å². The molecule has 2 aliphatic rings. The van der Waals surface area contributed by atoms with Crippen LogP contribution in [0.2, 0.25) is 5.02 Å². The van der Waals surface area contributed by atoms with Gasteiger partial charge in [0.05, 0.1) is 24.0 Å². The predicted molar refractivity (Wildman–Crippen MR) is 130 cm³/mol. The summed E-state index contributed by atoms with van der Waals surface area (Å²) in [5.74, 6) is -0.473. The molecule has 0 unspecified atom stereocenters. The highest BCUT2D eigenvalue weighted by atomic mass is 35.5. The molecule has 35 heavy (non-hydrogen) atoms. The van der Waals surface area contributed by atoms with Gasteiger partial charge in [-0.25, -0.2) is 14.4 Å². The third-order valence-corrected chi connectivity index (χ3v) is 7.34. The number of nitrogens with zero attached hydrogens (tertiary/aromatic N) is 5. The Bertz CT molecular complexity index is 1510. The van der Waals surface area contributed by atoms with Crippen LogP contribution >= 0.6 is 11.6 Å². The first-order chi connectivity index (χ1) is 16.9. The largest absolute Gasteiger partial charge is 0.373 e. The van der Waals surface area contributed by atoms with E-state index in [4.69, 9.17) is 21.3 Å². The molecule has 1 saturated heterocycles. The van der Waals surface area contributed by atoms with E-state index in [1.165, 1.54) is 23.3 Å².